The maximum absolute atomic E-state index is 13.0. The van der Waals surface area contributed by atoms with Crippen molar-refractivity contribution < 1.29 is 16.8 Å². The highest BCUT2D eigenvalue weighted by molar-refractivity contribution is 7.92. The van der Waals surface area contributed by atoms with E-state index in [9.17, 15) is 16.8 Å². The smallest absolute Gasteiger partial charge is 0.262 e. The standard InChI is InChI=1S/C19H26N2O4S2/c1-12-13(2)15(4)19(16(5)14(12)3)26(22,23)20-17-8-10-18(11-9-17)27(24,25)21(6)7/h8-11,20H,1-7H3. The van der Waals surface area contributed by atoms with Gasteiger partial charge in [-0.1, -0.05) is 0 Å². The summed E-state index contributed by atoms with van der Waals surface area (Å²) in [5.74, 6) is 0. The molecule has 6 nitrogen and oxygen atoms in total. The number of nitrogens with zero attached hydrogens (tertiary/aromatic N) is 1. The first-order valence-electron chi connectivity index (χ1n) is 8.43. The Kier molecular flexibility index (Phi) is 5.75. The van der Waals surface area contributed by atoms with Crippen molar-refractivity contribution in [3.63, 3.8) is 0 Å². The van der Waals surface area contributed by atoms with Crippen molar-refractivity contribution in [3.05, 3.63) is 52.1 Å². The van der Waals surface area contributed by atoms with Crippen LogP contribution in [-0.2, 0) is 20.0 Å². The highest BCUT2D eigenvalue weighted by Gasteiger charge is 2.24. The van der Waals surface area contributed by atoms with Crippen molar-refractivity contribution in [2.45, 2.75) is 44.4 Å². The van der Waals surface area contributed by atoms with Gasteiger partial charge in [0.05, 0.1) is 9.79 Å². The molecule has 0 aliphatic rings. The number of nitrogens with one attached hydrogen (secondary N) is 1. The van der Waals surface area contributed by atoms with Crippen molar-refractivity contribution in [1.29, 1.82) is 0 Å². The van der Waals surface area contributed by atoms with E-state index in [1.54, 1.807) is 13.8 Å². The average molecular weight is 411 g/mol. The van der Waals surface area contributed by atoms with Gasteiger partial charge in [0.15, 0.2) is 0 Å². The predicted octanol–water partition coefficient (Wildman–Crippen LogP) is 3.28. The van der Waals surface area contributed by atoms with E-state index < -0.39 is 20.0 Å². The maximum atomic E-state index is 13.0. The quantitative estimate of drug-likeness (QED) is 0.820. The van der Waals surface area contributed by atoms with Crippen LogP contribution in [0.25, 0.3) is 0 Å². The van der Waals surface area contributed by atoms with Crippen LogP contribution in [-0.4, -0.2) is 35.2 Å². The maximum Gasteiger partial charge on any atom is 0.262 e. The first kappa shape index (κ1) is 21.4. The Morgan fingerprint density at radius 2 is 1.11 bits per heavy atom. The van der Waals surface area contributed by atoms with Crippen LogP contribution >= 0.6 is 0 Å². The highest BCUT2D eigenvalue weighted by atomic mass is 32.2. The van der Waals surface area contributed by atoms with Crippen LogP contribution < -0.4 is 4.72 Å². The van der Waals surface area contributed by atoms with E-state index in [4.69, 9.17) is 0 Å². The van der Waals surface area contributed by atoms with E-state index in [2.05, 4.69) is 4.72 Å². The number of benzene rings is 2. The first-order valence-corrected chi connectivity index (χ1v) is 11.4. The van der Waals surface area contributed by atoms with Crippen LogP contribution in [0.1, 0.15) is 27.8 Å². The zero-order valence-electron chi connectivity index (χ0n) is 16.7. The first-order chi connectivity index (χ1) is 12.3. The van der Waals surface area contributed by atoms with Crippen LogP contribution in [0.2, 0.25) is 0 Å². The summed E-state index contributed by atoms with van der Waals surface area (Å²) < 4.78 is 54.0. The van der Waals surface area contributed by atoms with Gasteiger partial charge in [0.2, 0.25) is 10.0 Å². The second-order valence-electron chi connectivity index (χ2n) is 6.87. The predicted molar refractivity (Wildman–Crippen MR) is 108 cm³/mol. The van der Waals surface area contributed by atoms with Crippen molar-refractivity contribution in [1.82, 2.24) is 4.31 Å². The molecule has 27 heavy (non-hydrogen) atoms. The van der Waals surface area contributed by atoms with Crippen molar-refractivity contribution in [3.8, 4) is 0 Å². The summed E-state index contributed by atoms with van der Waals surface area (Å²) in [7, 11) is -4.49. The Morgan fingerprint density at radius 1 is 0.704 bits per heavy atom. The molecule has 0 heterocycles. The van der Waals surface area contributed by atoms with E-state index >= 15 is 0 Å². The molecule has 0 amide bonds. The summed E-state index contributed by atoms with van der Waals surface area (Å²) in [6.07, 6.45) is 0. The van der Waals surface area contributed by atoms with E-state index in [0.29, 0.717) is 5.69 Å². The number of hydrogen-bond acceptors (Lipinski definition) is 4. The fourth-order valence-electron chi connectivity index (χ4n) is 2.98. The number of sulfonamides is 2. The molecule has 0 radical (unpaired) electrons. The summed E-state index contributed by atoms with van der Waals surface area (Å²) in [5, 5.41) is 0. The topological polar surface area (TPSA) is 83.5 Å². The fourth-order valence-corrected chi connectivity index (χ4v) is 5.54. The second kappa shape index (κ2) is 7.26. The minimum Gasteiger partial charge on any atom is -0.280 e. The van der Waals surface area contributed by atoms with Gasteiger partial charge in [-0.05, 0) is 86.7 Å². The van der Waals surface area contributed by atoms with E-state index in [-0.39, 0.29) is 9.79 Å². The molecule has 0 spiro atoms. The monoisotopic (exact) mass is 410 g/mol. The Hall–Kier alpha value is -1.90. The summed E-state index contributed by atoms with van der Waals surface area (Å²) in [6.45, 7) is 9.42. The Labute approximate surface area is 162 Å². The van der Waals surface area contributed by atoms with Crippen molar-refractivity contribution in [2.24, 2.45) is 0 Å². The van der Waals surface area contributed by atoms with Crippen LogP contribution in [0.5, 0.6) is 0 Å². The lowest BCUT2D eigenvalue weighted by Crippen LogP contribution is -2.22. The lowest BCUT2D eigenvalue weighted by atomic mass is 9.95. The third-order valence-corrected chi connectivity index (χ3v) is 8.57. The average Bonchev–Trinajstić information content (AvgIpc) is 2.58. The molecule has 0 fully saturated rings. The molecule has 0 aromatic heterocycles. The van der Waals surface area contributed by atoms with Gasteiger partial charge >= 0.3 is 0 Å². The lowest BCUT2D eigenvalue weighted by molar-refractivity contribution is 0.521. The van der Waals surface area contributed by atoms with Crippen LogP contribution in [0.4, 0.5) is 5.69 Å². The molecule has 0 saturated carbocycles. The zero-order valence-corrected chi connectivity index (χ0v) is 18.3. The van der Waals surface area contributed by atoms with E-state index in [1.165, 1.54) is 38.4 Å². The molecule has 8 heteroatoms. The summed E-state index contributed by atoms with van der Waals surface area (Å²) in [5.41, 5.74) is 4.73. The van der Waals surface area contributed by atoms with Crippen LogP contribution in [0, 0.1) is 34.6 Å². The van der Waals surface area contributed by atoms with Gasteiger partial charge < -0.3 is 0 Å². The molecular weight excluding hydrogens is 384 g/mol. The minimum absolute atomic E-state index is 0.102. The van der Waals surface area contributed by atoms with Gasteiger partial charge in [-0.25, -0.2) is 21.1 Å². The molecule has 0 saturated heterocycles. The van der Waals surface area contributed by atoms with Gasteiger partial charge in [0, 0.05) is 19.8 Å². The third-order valence-electron chi connectivity index (χ3n) is 5.09. The Morgan fingerprint density at radius 3 is 1.52 bits per heavy atom. The van der Waals surface area contributed by atoms with Gasteiger partial charge in [0.25, 0.3) is 10.0 Å². The van der Waals surface area contributed by atoms with Crippen molar-refractivity contribution in [2.75, 3.05) is 18.8 Å². The molecule has 0 aliphatic carbocycles. The van der Waals surface area contributed by atoms with Crippen LogP contribution in [0.15, 0.2) is 34.1 Å². The second-order valence-corrected chi connectivity index (χ2v) is 10.6. The number of rotatable bonds is 5. The van der Waals surface area contributed by atoms with Gasteiger partial charge in [-0.2, -0.15) is 0 Å². The zero-order chi connectivity index (χ0) is 20.7. The van der Waals surface area contributed by atoms with Crippen molar-refractivity contribution >= 4 is 25.7 Å². The van der Waals surface area contributed by atoms with E-state index in [0.717, 1.165) is 32.1 Å². The largest absolute Gasteiger partial charge is 0.280 e. The number of hydrogen-bond donors (Lipinski definition) is 1. The molecule has 0 atom stereocenters. The molecule has 2 aromatic rings. The normalized spacial score (nSPS) is 12.4. The molecule has 0 aliphatic heterocycles. The molecule has 0 bridgehead atoms. The Bertz CT molecular complexity index is 1060. The Balaban J connectivity index is 2.47. The minimum atomic E-state index is -3.81. The molecule has 1 N–H and O–H groups in total. The third kappa shape index (κ3) is 3.88. The summed E-state index contributed by atoms with van der Waals surface area (Å²) in [4.78, 5) is 0.373. The lowest BCUT2D eigenvalue weighted by Gasteiger charge is -2.19. The summed E-state index contributed by atoms with van der Waals surface area (Å²) in [6, 6.07) is 5.68. The molecule has 2 rings (SSSR count). The molecule has 148 valence electrons. The summed E-state index contributed by atoms with van der Waals surface area (Å²) >= 11 is 0. The molecular formula is C19H26N2O4S2. The van der Waals surface area contributed by atoms with Gasteiger partial charge in [0.1, 0.15) is 0 Å². The SMILES string of the molecule is Cc1c(C)c(C)c(S(=O)(=O)Nc2ccc(S(=O)(=O)N(C)C)cc2)c(C)c1C. The van der Waals surface area contributed by atoms with Crippen LogP contribution in [0.3, 0.4) is 0 Å². The molecule has 0 unspecified atom stereocenters. The van der Waals surface area contributed by atoms with E-state index in [1.807, 2.05) is 20.8 Å². The van der Waals surface area contributed by atoms with Gasteiger partial charge in [-0.15, -0.1) is 0 Å². The highest BCUT2D eigenvalue weighted by Crippen LogP contribution is 2.31. The molecule has 2 aromatic carbocycles. The van der Waals surface area contributed by atoms with Gasteiger partial charge in [-0.3, -0.25) is 4.72 Å². The number of anilines is 1. The fraction of sp³-hybridized carbons (Fsp3) is 0.368.